The van der Waals surface area contributed by atoms with Crippen molar-refractivity contribution in [2.45, 2.75) is 46.4 Å². The van der Waals surface area contributed by atoms with E-state index in [-0.39, 0.29) is 12.3 Å². The molecule has 6 rings (SSSR count). The third-order valence-electron chi connectivity index (χ3n) is 5.44. The van der Waals surface area contributed by atoms with Crippen molar-refractivity contribution < 1.29 is 0 Å². The first kappa shape index (κ1) is 23.5. The van der Waals surface area contributed by atoms with Gasteiger partial charge in [0.1, 0.15) is 18.2 Å². The second kappa shape index (κ2) is 11.4. The van der Waals surface area contributed by atoms with Gasteiger partial charge in [-0.05, 0) is 29.0 Å². The predicted octanol–water partition coefficient (Wildman–Crippen LogP) is 6.71. The molecule has 2 N–H and O–H groups in total. The Morgan fingerprint density at radius 2 is 1.66 bits per heavy atom. The third kappa shape index (κ3) is 5.54. The van der Waals surface area contributed by atoms with Crippen LogP contribution in [0.15, 0.2) is 119 Å². The molecule has 0 aromatic heterocycles. The molecule has 166 valence electrons. The molecular weight excluding hydrogens is 390 g/mol. The molecule has 0 fully saturated rings. The molecule has 0 saturated heterocycles. The molecule has 32 heavy (non-hydrogen) atoms. The smallest absolute Gasteiger partial charge is 0.131 e. The summed E-state index contributed by atoms with van der Waals surface area (Å²) < 4.78 is 0. The predicted molar refractivity (Wildman–Crippen MR) is 138 cm³/mol. The van der Waals surface area contributed by atoms with Crippen LogP contribution in [0.2, 0.25) is 0 Å². The molecule has 0 radical (unpaired) electrons. The topological polar surface area (TPSA) is 36.4 Å². The molecule has 3 atom stereocenters. The first-order chi connectivity index (χ1) is 15.7. The van der Waals surface area contributed by atoms with Gasteiger partial charge in [0.15, 0.2) is 0 Å². The van der Waals surface area contributed by atoms with Gasteiger partial charge in [-0.25, -0.2) is 4.99 Å². The molecule has 1 heterocycles. The standard InChI is InChI=1S/C25H23N3.2C2H6/c1-17-6-5-9-21(12-10-17)24-26-23(20-7-3-2-4-8-20)27-25(28-24)22-13-11-18-14-19(15-18)16-22;2*1-2/h2-14,16,19,23,25,27H,1,15H2,(H,26,28);2*1-2H3. The van der Waals surface area contributed by atoms with Crippen molar-refractivity contribution in [1.29, 1.82) is 0 Å². The number of allylic oxidation sites excluding steroid dienone is 9. The monoisotopic (exact) mass is 425 g/mol. The maximum Gasteiger partial charge on any atom is 0.131 e. The largest absolute Gasteiger partial charge is 0.350 e. The van der Waals surface area contributed by atoms with E-state index in [9.17, 15) is 0 Å². The second-order valence-corrected chi connectivity index (χ2v) is 7.53. The average molecular weight is 426 g/mol. The number of aliphatic imine (C=N–C) groups is 1. The molecule has 0 spiro atoms. The molecule has 1 aromatic carbocycles. The Morgan fingerprint density at radius 1 is 0.906 bits per heavy atom. The Morgan fingerprint density at radius 3 is 2.41 bits per heavy atom. The van der Waals surface area contributed by atoms with Gasteiger partial charge < -0.3 is 5.32 Å². The Balaban J connectivity index is 0.000000686. The van der Waals surface area contributed by atoms with Crippen LogP contribution in [-0.4, -0.2) is 12.0 Å². The first-order valence-electron chi connectivity index (χ1n) is 11.8. The fourth-order valence-corrected chi connectivity index (χ4v) is 3.87. The Labute approximate surface area is 193 Å². The molecule has 4 aliphatic carbocycles. The summed E-state index contributed by atoms with van der Waals surface area (Å²) in [4.78, 5) is 4.99. The van der Waals surface area contributed by atoms with E-state index in [0.29, 0.717) is 5.92 Å². The summed E-state index contributed by atoms with van der Waals surface area (Å²) in [6, 6.07) is 10.4. The molecule has 5 aliphatic rings. The maximum absolute atomic E-state index is 4.99. The van der Waals surface area contributed by atoms with Crippen LogP contribution in [-0.2, 0) is 0 Å². The van der Waals surface area contributed by atoms with Crippen molar-refractivity contribution in [3.8, 4) is 0 Å². The summed E-state index contributed by atoms with van der Waals surface area (Å²) in [6.07, 6.45) is 20.4. The van der Waals surface area contributed by atoms with E-state index in [1.807, 2.05) is 52.0 Å². The molecule has 3 unspecified atom stereocenters. The first-order valence-corrected chi connectivity index (χ1v) is 11.8. The molecule has 1 aliphatic heterocycles. The van der Waals surface area contributed by atoms with Crippen molar-refractivity contribution >= 4 is 5.84 Å². The minimum atomic E-state index is -0.101. The lowest BCUT2D eigenvalue weighted by Gasteiger charge is -2.33. The van der Waals surface area contributed by atoms with Gasteiger partial charge in [-0.15, -0.1) is 0 Å². The zero-order chi connectivity index (χ0) is 22.9. The quantitative estimate of drug-likeness (QED) is 0.565. The summed E-state index contributed by atoms with van der Waals surface area (Å²) in [5.41, 5.74) is 5.90. The fraction of sp³-hybridized carbons (Fsp3) is 0.276. The van der Waals surface area contributed by atoms with Crippen molar-refractivity contribution in [3.63, 3.8) is 0 Å². The van der Waals surface area contributed by atoms with Gasteiger partial charge in [-0.3, -0.25) is 5.32 Å². The summed E-state index contributed by atoms with van der Waals surface area (Å²) in [5, 5.41) is 7.29. The average Bonchev–Trinajstić information content (AvgIpc) is 3.28. The van der Waals surface area contributed by atoms with Gasteiger partial charge in [0.25, 0.3) is 0 Å². The Hall–Kier alpha value is -3.17. The Bertz CT molecular complexity index is 1020. The molecule has 0 amide bonds. The van der Waals surface area contributed by atoms with Crippen LogP contribution in [0.1, 0.15) is 45.8 Å². The summed E-state index contributed by atoms with van der Waals surface area (Å²) in [6.45, 7) is 12.0. The fourth-order valence-electron chi connectivity index (χ4n) is 3.87. The van der Waals surface area contributed by atoms with E-state index in [0.717, 1.165) is 29.0 Å². The Kier molecular flexibility index (Phi) is 8.41. The molecule has 2 bridgehead atoms. The highest BCUT2D eigenvalue weighted by atomic mass is 15.3. The lowest BCUT2D eigenvalue weighted by Crippen LogP contribution is -2.52. The number of nitrogens with one attached hydrogen (secondary N) is 2. The number of benzene rings is 1. The summed E-state index contributed by atoms with van der Waals surface area (Å²) in [7, 11) is 0. The number of hydrogen-bond donors (Lipinski definition) is 2. The van der Waals surface area contributed by atoms with Crippen LogP contribution >= 0.6 is 0 Å². The SMILES string of the molecule is C=C1C=CC=C(C2=NC(c3ccccc3)NC(C3=CC4C=C(C=C3)C4)N2)C=C1.CC.CC. The summed E-state index contributed by atoms with van der Waals surface area (Å²) in [5.74, 6) is 1.44. The maximum atomic E-state index is 4.99. The zero-order valence-corrected chi connectivity index (χ0v) is 19.7. The highest BCUT2D eigenvalue weighted by molar-refractivity contribution is 6.02. The van der Waals surface area contributed by atoms with Gasteiger partial charge in [0, 0.05) is 5.57 Å². The third-order valence-corrected chi connectivity index (χ3v) is 5.44. The highest BCUT2D eigenvalue weighted by Crippen LogP contribution is 2.33. The summed E-state index contributed by atoms with van der Waals surface area (Å²) >= 11 is 0. The number of amidine groups is 1. The highest BCUT2D eigenvalue weighted by Gasteiger charge is 2.28. The zero-order valence-electron chi connectivity index (χ0n) is 19.7. The van der Waals surface area contributed by atoms with Crippen molar-refractivity contribution in [2.24, 2.45) is 10.9 Å². The lowest BCUT2D eigenvalue weighted by molar-refractivity contribution is 0.440. The van der Waals surface area contributed by atoms with Crippen LogP contribution < -0.4 is 10.6 Å². The molecule has 3 heteroatoms. The van der Waals surface area contributed by atoms with Crippen molar-refractivity contribution in [1.82, 2.24) is 10.6 Å². The van der Waals surface area contributed by atoms with E-state index in [2.05, 4.69) is 77.9 Å². The van der Waals surface area contributed by atoms with Crippen LogP contribution in [0.3, 0.4) is 0 Å². The van der Waals surface area contributed by atoms with Crippen LogP contribution in [0.5, 0.6) is 0 Å². The van der Waals surface area contributed by atoms with Gasteiger partial charge in [0.2, 0.25) is 0 Å². The minimum absolute atomic E-state index is 0.00652. The second-order valence-electron chi connectivity index (χ2n) is 7.53. The number of hydrogen-bond acceptors (Lipinski definition) is 3. The molecule has 0 saturated carbocycles. The lowest BCUT2D eigenvalue weighted by atomic mass is 9.87. The van der Waals surface area contributed by atoms with Gasteiger partial charge in [-0.2, -0.15) is 0 Å². The number of fused-ring (bicyclic) bond motifs is 1. The van der Waals surface area contributed by atoms with Gasteiger partial charge >= 0.3 is 0 Å². The van der Waals surface area contributed by atoms with E-state index in [1.54, 1.807) is 0 Å². The van der Waals surface area contributed by atoms with Gasteiger partial charge in [-0.1, -0.05) is 125 Å². The van der Waals surface area contributed by atoms with Gasteiger partial charge in [0.05, 0.1) is 0 Å². The number of rotatable bonds is 3. The normalized spacial score (nSPS) is 25.0. The van der Waals surface area contributed by atoms with Crippen molar-refractivity contribution in [3.05, 3.63) is 119 Å². The van der Waals surface area contributed by atoms with Crippen molar-refractivity contribution in [2.75, 3.05) is 0 Å². The van der Waals surface area contributed by atoms with Crippen LogP contribution in [0.4, 0.5) is 0 Å². The number of nitrogens with zero attached hydrogens (tertiary/aromatic N) is 1. The molecule has 3 nitrogen and oxygen atoms in total. The van der Waals surface area contributed by atoms with E-state index < -0.39 is 0 Å². The minimum Gasteiger partial charge on any atom is -0.350 e. The van der Waals surface area contributed by atoms with E-state index in [4.69, 9.17) is 4.99 Å². The molecular formula is C29H35N3. The van der Waals surface area contributed by atoms with Crippen LogP contribution in [0, 0.1) is 5.92 Å². The molecule has 1 aromatic rings. The van der Waals surface area contributed by atoms with Crippen LogP contribution in [0.25, 0.3) is 0 Å². The van der Waals surface area contributed by atoms with E-state index in [1.165, 1.54) is 11.1 Å². The van der Waals surface area contributed by atoms with E-state index >= 15 is 0 Å².